The molecule has 0 aliphatic heterocycles. The second kappa shape index (κ2) is 37.0. The van der Waals surface area contributed by atoms with Gasteiger partial charge < -0.3 is 54.8 Å². The minimum atomic E-state index is -3.79. The van der Waals surface area contributed by atoms with Crippen LogP contribution in [0.3, 0.4) is 0 Å². The average molecular weight is 924 g/mol. The third-order valence-corrected chi connectivity index (χ3v) is 4.69. The van der Waals surface area contributed by atoms with Crippen LogP contribution >= 0.6 is 0 Å². The molecule has 24 heteroatoms. The molecule has 2 radical (unpaired) electrons. The van der Waals surface area contributed by atoms with Gasteiger partial charge >= 0.3 is 87.5 Å². The molecule has 0 unspecified atom stereocenters. The van der Waals surface area contributed by atoms with Crippen molar-refractivity contribution in [3.05, 3.63) is 97.6 Å². The molecule has 0 amide bonds. The van der Waals surface area contributed by atoms with Crippen molar-refractivity contribution < 1.29 is 113 Å². The maximum absolute atomic E-state index is 8.54. The van der Waals surface area contributed by atoms with Crippen LogP contribution in [0.5, 0.6) is 0 Å². The summed E-state index contributed by atoms with van der Waals surface area (Å²) in [5.41, 5.74) is 3.91. The Kier molecular flexibility index (Phi) is 55.0. The van der Waals surface area contributed by atoms with Gasteiger partial charge in [-0.25, -0.2) is 0 Å². The predicted molar refractivity (Wildman–Crippen MR) is 166 cm³/mol. The van der Waals surface area contributed by atoms with Gasteiger partial charge in [0, 0.05) is 46.3 Å². The summed E-state index contributed by atoms with van der Waals surface area (Å²) in [4.78, 5) is 17.4. The first-order valence-electron chi connectivity index (χ1n) is 10.1. The molecule has 282 valence electrons. The average Bonchev–Trinajstić information content (AvgIpc) is 2.88. The summed E-state index contributed by atoms with van der Waals surface area (Å²) < 4.78 is 51.2. The van der Waals surface area contributed by atoms with Crippen molar-refractivity contribution in [2.24, 2.45) is 0 Å². The van der Waals surface area contributed by atoms with E-state index in [4.69, 9.17) is 24.4 Å². The Labute approximate surface area is 302 Å². The molecule has 22 N–H and O–H groups in total. The summed E-state index contributed by atoms with van der Waals surface area (Å²) in [5, 5.41) is 4.55. The maximum atomic E-state index is 8.54. The molecule has 6 aromatic rings. The van der Waals surface area contributed by atoms with Gasteiger partial charge in [-0.1, -0.05) is 48.5 Å². The smallest absolute Gasteiger partial charge is 0.457 e. The molecule has 4 aromatic heterocycles. The minimum absolute atomic E-state index is 0. The van der Waals surface area contributed by atoms with Crippen LogP contribution in [0.1, 0.15) is 0 Å². The summed E-state index contributed by atoms with van der Waals surface area (Å²) in [5.74, 6) is 0. The zero-order valence-electron chi connectivity index (χ0n) is 24.1. The molecule has 48 heavy (non-hydrogen) atoms. The second-order valence-electron chi connectivity index (χ2n) is 6.84. The molecular weight excluding hydrogens is 885 g/mol. The van der Waals surface area contributed by atoms with Crippen molar-refractivity contribution in [1.29, 1.82) is 0 Å². The molecular formula is C24H38Cu2N4O16Se2+2. The van der Waals surface area contributed by atoms with Crippen LogP contribution in [0.2, 0.25) is 0 Å². The number of hydrogen-bond donors (Lipinski definition) is 0. The van der Waals surface area contributed by atoms with Gasteiger partial charge in [-0.3, -0.25) is 19.9 Å². The summed E-state index contributed by atoms with van der Waals surface area (Å²) in [6.07, 6.45) is 7.21. The van der Waals surface area contributed by atoms with E-state index in [0.29, 0.717) is 0 Å². The number of aromatic nitrogens is 4. The van der Waals surface area contributed by atoms with E-state index in [-0.39, 0.29) is 88.9 Å². The van der Waals surface area contributed by atoms with Gasteiger partial charge in [0.2, 0.25) is 0 Å². The monoisotopic (exact) mass is 924 g/mol. The van der Waals surface area contributed by atoms with E-state index in [9.17, 15) is 0 Å². The first kappa shape index (κ1) is 71.3. The van der Waals surface area contributed by atoms with Gasteiger partial charge in [-0.15, -0.1) is 0 Å². The molecule has 0 saturated carbocycles. The molecule has 0 aliphatic rings. The third kappa shape index (κ3) is 21.9. The van der Waals surface area contributed by atoms with Gasteiger partial charge in [0.1, 0.15) is 0 Å². The van der Waals surface area contributed by atoms with E-state index in [2.05, 4.69) is 68.5 Å². The Bertz CT molecular complexity index is 1440. The molecule has 0 spiro atoms. The molecule has 0 fully saturated rings. The van der Waals surface area contributed by atoms with Crippen molar-refractivity contribution in [2.75, 3.05) is 0 Å². The molecule has 4 heterocycles. The molecule has 6 rings (SSSR count). The van der Waals surface area contributed by atoms with E-state index in [1.807, 2.05) is 24.3 Å². The molecule has 2 aromatic carbocycles. The van der Waals surface area contributed by atoms with Gasteiger partial charge in [-0.2, -0.15) is 0 Å². The van der Waals surface area contributed by atoms with E-state index in [0.717, 1.165) is 43.6 Å². The number of fused-ring (bicyclic) bond motifs is 6. The Morgan fingerprint density at radius 3 is 0.667 bits per heavy atom. The number of benzene rings is 2. The number of nitrogens with zero attached hydrogens (tertiary/aromatic N) is 4. The Hall–Kier alpha value is -2.80. The SMILES string of the molecule is O.O.O.O.O.O.O.O.O=[Se]([O-])[O-].O=[Se]([O-])[O-].[Cu+2].[Cu+2].[OH3+].[OH3+].c1cnc2c(c1)ccc1cccnc12.c1cnc2c(c1)ccc1cccnc12. The summed E-state index contributed by atoms with van der Waals surface area (Å²) >= 11 is -7.58. The molecule has 0 saturated heterocycles. The predicted octanol–water partition coefficient (Wildman–Crippen LogP) is -8.64. The molecule has 0 atom stereocenters. The van der Waals surface area contributed by atoms with Crippen molar-refractivity contribution in [3.63, 3.8) is 0 Å². The van der Waals surface area contributed by atoms with Gasteiger partial charge in [-0.05, 0) is 24.3 Å². The van der Waals surface area contributed by atoms with E-state index < -0.39 is 29.0 Å². The van der Waals surface area contributed by atoms with Crippen molar-refractivity contribution in [3.8, 4) is 0 Å². The Balaban J connectivity index is -0.0000000512. The van der Waals surface area contributed by atoms with Crippen LogP contribution in [0.4, 0.5) is 0 Å². The number of hydrogen-bond acceptors (Lipinski definition) is 10. The van der Waals surface area contributed by atoms with Gasteiger partial charge in [0.05, 0.1) is 22.1 Å². The van der Waals surface area contributed by atoms with Crippen molar-refractivity contribution in [2.45, 2.75) is 0 Å². The van der Waals surface area contributed by atoms with Crippen LogP contribution in [0.25, 0.3) is 43.6 Å². The summed E-state index contributed by atoms with van der Waals surface area (Å²) in [6.45, 7) is 0. The Morgan fingerprint density at radius 1 is 0.375 bits per heavy atom. The second-order valence-corrected chi connectivity index (χ2v) is 8.55. The Morgan fingerprint density at radius 2 is 0.521 bits per heavy atom. The number of pyridine rings is 4. The fourth-order valence-electron chi connectivity index (χ4n) is 3.36. The molecule has 20 nitrogen and oxygen atoms in total. The van der Waals surface area contributed by atoms with Crippen LogP contribution in [0, 0.1) is 0 Å². The maximum Gasteiger partial charge on any atom is 2.00 e. The zero-order valence-corrected chi connectivity index (χ0v) is 29.4. The van der Waals surface area contributed by atoms with Crippen LogP contribution in [-0.2, 0) is 52.8 Å². The summed E-state index contributed by atoms with van der Waals surface area (Å²) in [6, 6.07) is 24.3. The topological polar surface area (TPSA) is 496 Å². The fraction of sp³-hybridized carbons (Fsp3) is 0. The van der Waals surface area contributed by atoms with E-state index in [1.165, 1.54) is 0 Å². The third-order valence-electron chi connectivity index (χ3n) is 4.69. The normalized spacial score (nSPS) is 7.79. The summed E-state index contributed by atoms with van der Waals surface area (Å²) in [7, 11) is 0. The standard InChI is InChI=1S/2C12H8N2.2Cu.2H2O3Se.10H2O/c2*1-3-9-5-6-10-4-2-8-14-12(10)11(9)13-7-1;;;2*1-4(2)3;;;;;;;;;;/h2*1-8H;;;2*(H2,1,2,3);10*1H2/q;;2*+2;;;;;;;;;;;;/p-2. The van der Waals surface area contributed by atoms with Crippen molar-refractivity contribution >= 4 is 72.6 Å². The first-order chi connectivity index (χ1) is 17.4. The first-order valence-corrected chi connectivity index (χ1v) is 14.3. The quantitative estimate of drug-likeness (QED) is 0.0787. The molecule has 0 aliphatic carbocycles. The molecule has 0 bridgehead atoms. The van der Waals surface area contributed by atoms with Crippen LogP contribution in [-0.4, -0.2) is 92.7 Å². The van der Waals surface area contributed by atoms with Crippen LogP contribution < -0.4 is 16.8 Å². The zero-order chi connectivity index (χ0) is 25.9. The van der Waals surface area contributed by atoms with Gasteiger partial charge in [0.25, 0.3) is 0 Å². The van der Waals surface area contributed by atoms with E-state index >= 15 is 0 Å². The fourth-order valence-corrected chi connectivity index (χ4v) is 3.36. The minimum Gasteiger partial charge on any atom is -0.457 e. The number of rotatable bonds is 0. The van der Waals surface area contributed by atoms with Crippen molar-refractivity contribution in [1.82, 2.24) is 19.9 Å². The van der Waals surface area contributed by atoms with Crippen LogP contribution in [0.15, 0.2) is 97.6 Å². The largest absolute Gasteiger partial charge is 2.00 e. The van der Waals surface area contributed by atoms with Gasteiger partial charge in [0.15, 0.2) is 0 Å². The van der Waals surface area contributed by atoms with E-state index in [1.54, 1.807) is 24.8 Å².